The summed E-state index contributed by atoms with van der Waals surface area (Å²) in [6.45, 7) is 0.682. The normalized spacial score (nSPS) is 10.8. The largest absolute Gasteiger partial charge is 0.481 e. The molecule has 0 aliphatic carbocycles. The minimum atomic E-state index is -0.840. The average molecular weight is 353 g/mol. The highest BCUT2D eigenvalue weighted by Crippen LogP contribution is 2.18. The number of carbonyl (C=O) groups is 2. The van der Waals surface area contributed by atoms with Crippen LogP contribution in [0.15, 0.2) is 24.3 Å². The zero-order chi connectivity index (χ0) is 16.7. The van der Waals surface area contributed by atoms with Gasteiger partial charge < -0.3 is 15.0 Å². The van der Waals surface area contributed by atoms with Gasteiger partial charge in [0, 0.05) is 12.3 Å². The number of para-hydroxylation sites is 2. The van der Waals surface area contributed by atoms with Crippen LogP contribution in [0.5, 0.6) is 0 Å². The van der Waals surface area contributed by atoms with Gasteiger partial charge in [0.25, 0.3) is 0 Å². The quantitative estimate of drug-likeness (QED) is 0.669. The molecule has 0 spiro atoms. The van der Waals surface area contributed by atoms with Crippen molar-refractivity contribution in [3.05, 3.63) is 30.1 Å². The van der Waals surface area contributed by atoms with E-state index in [1.807, 2.05) is 35.1 Å². The van der Waals surface area contributed by atoms with Crippen molar-refractivity contribution in [3.8, 4) is 0 Å². The molecule has 0 atom stereocenters. The number of thioether (sulfide) groups is 2. The molecule has 1 aromatic heterocycles. The molecule has 0 unspecified atom stereocenters. The van der Waals surface area contributed by atoms with Crippen LogP contribution >= 0.6 is 23.5 Å². The number of nitrogens with zero attached hydrogens (tertiary/aromatic N) is 2. The summed E-state index contributed by atoms with van der Waals surface area (Å²) in [5.41, 5.74) is 1.84. The van der Waals surface area contributed by atoms with E-state index in [9.17, 15) is 9.59 Å². The van der Waals surface area contributed by atoms with Crippen molar-refractivity contribution in [2.45, 2.75) is 12.3 Å². The van der Waals surface area contributed by atoms with Crippen LogP contribution in [0.3, 0.4) is 0 Å². The Morgan fingerprint density at radius 1 is 1.35 bits per heavy atom. The highest BCUT2D eigenvalue weighted by atomic mass is 32.2. The predicted octanol–water partition coefficient (Wildman–Crippen LogP) is 1.83. The van der Waals surface area contributed by atoms with Crippen molar-refractivity contribution < 1.29 is 14.7 Å². The van der Waals surface area contributed by atoms with Crippen molar-refractivity contribution in [2.75, 3.05) is 24.3 Å². The molecular weight excluding hydrogens is 334 g/mol. The lowest BCUT2D eigenvalue weighted by Crippen LogP contribution is -2.30. The number of aromatic nitrogens is 2. The molecule has 0 saturated carbocycles. The van der Waals surface area contributed by atoms with E-state index < -0.39 is 5.97 Å². The number of nitrogens with one attached hydrogen (secondary N) is 1. The first-order valence-electron chi connectivity index (χ1n) is 7.11. The van der Waals surface area contributed by atoms with E-state index in [2.05, 4.69) is 10.3 Å². The summed E-state index contributed by atoms with van der Waals surface area (Å²) in [6, 6.07) is 7.77. The SMILES string of the molecule is CSCc1nc2ccccc2n1CC(=O)NCCSCC(=O)O. The van der Waals surface area contributed by atoms with E-state index in [1.165, 1.54) is 11.8 Å². The molecule has 2 aromatic rings. The monoisotopic (exact) mass is 353 g/mol. The summed E-state index contributed by atoms with van der Waals surface area (Å²) in [5, 5.41) is 11.4. The molecule has 0 radical (unpaired) electrons. The van der Waals surface area contributed by atoms with E-state index in [4.69, 9.17) is 5.11 Å². The third-order valence-electron chi connectivity index (χ3n) is 3.10. The number of amides is 1. The fourth-order valence-electron chi connectivity index (χ4n) is 2.16. The van der Waals surface area contributed by atoms with Crippen LogP contribution in [-0.4, -0.2) is 50.8 Å². The Kier molecular flexibility index (Phi) is 6.79. The first-order chi connectivity index (χ1) is 11.1. The first kappa shape index (κ1) is 17.7. The molecule has 6 nitrogen and oxygen atoms in total. The number of aliphatic carboxylic acids is 1. The van der Waals surface area contributed by atoms with Gasteiger partial charge in [-0.05, 0) is 18.4 Å². The molecule has 1 heterocycles. The Morgan fingerprint density at radius 3 is 2.87 bits per heavy atom. The standard InChI is InChI=1S/C15H19N3O3S2/c1-22-9-13-17-11-4-2-3-5-12(11)18(13)8-14(19)16-6-7-23-10-15(20)21/h2-5H,6-10H2,1H3,(H,16,19)(H,20,21). The van der Waals surface area contributed by atoms with Crippen LogP contribution in [0.2, 0.25) is 0 Å². The lowest BCUT2D eigenvalue weighted by Gasteiger charge is -2.09. The van der Waals surface area contributed by atoms with E-state index in [0.717, 1.165) is 22.6 Å². The maximum atomic E-state index is 12.1. The second-order valence-corrected chi connectivity index (χ2v) is 6.80. The molecule has 0 aliphatic rings. The van der Waals surface area contributed by atoms with Gasteiger partial charge in [0.05, 0.1) is 22.5 Å². The fraction of sp³-hybridized carbons (Fsp3) is 0.400. The van der Waals surface area contributed by atoms with Crippen molar-refractivity contribution in [2.24, 2.45) is 0 Å². The number of carboxylic acid groups (broad SMARTS) is 1. The molecule has 0 bridgehead atoms. The van der Waals surface area contributed by atoms with Gasteiger partial charge >= 0.3 is 5.97 Å². The molecular formula is C15H19N3O3S2. The van der Waals surface area contributed by atoms with Gasteiger partial charge in [0.15, 0.2) is 0 Å². The van der Waals surface area contributed by atoms with Crippen LogP contribution in [0.25, 0.3) is 11.0 Å². The summed E-state index contributed by atoms with van der Waals surface area (Å²) in [7, 11) is 0. The summed E-state index contributed by atoms with van der Waals surface area (Å²) in [6.07, 6.45) is 2.00. The van der Waals surface area contributed by atoms with Crippen molar-refractivity contribution >= 4 is 46.4 Å². The van der Waals surface area contributed by atoms with Crippen molar-refractivity contribution in [1.82, 2.24) is 14.9 Å². The molecule has 1 amide bonds. The zero-order valence-electron chi connectivity index (χ0n) is 12.8. The van der Waals surface area contributed by atoms with Gasteiger partial charge in [0.1, 0.15) is 12.4 Å². The van der Waals surface area contributed by atoms with E-state index >= 15 is 0 Å². The maximum Gasteiger partial charge on any atom is 0.313 e. The highest BCUT2D eigenvalue weighted by Gasteiger charge is 2.12. The molecule has 2 rings (SSSR count). The third-order valence-corrected chi connectivity index (χ3v) is 4.59. The number of carbonyl (C=O) groups excluding carboxylic acids is 1. The second kappa shape index (κ2) is 8.83. The van der Waals surface area contributed by atoms with Gasteiger partial charge in [-0.1, -0.05) is 12.1 Å². The van der Waals surface area contributed by atoms with Gasteiger partial charge in [-0.15, -0.1) is 11.8 Å². The predicted molar refractivity (Wildman–Crippen MR) is 94.9 cm³/mol. The lowest BCUT2D eigenvalue weighted by molar-refractivity contribution is -0.133. The molecule has 1 aromatic carbocycles. The third kappa shape index (κ3) is 5.18. The Bertz CT molecular complexity index is 688. The maximum absolute atomic E-state index is 12.1. The van der Waals surface area contributed by atoms with Crippen LogP contribution in [-0.2, 0) is 21.9 Å². The average Bonchev–Trinajstić information content (AvgIpc) is 2.85. The van der Waals surface area contributed by atoms with Crippen LogP contribution in [0.1, 0.15) is 5.82 Å². The van der Waals surface area contributed by atoms with Gasteiger partial charge in [-0.2, -0.15) is 11.8 Å². The van der Waals surface area contributed by atoms with Gasteiger partial charge in [-0.25, -0.2) is 4.98 Å². The van der Waals surface area contributed by atoms with Crippen molar-refractivity contribution in [3.63, 3.8) is 0 Å². The number of carboxylic acids is 1. The number of fused-ring (bicyclic) bond motifs is 1. The Labute approximate surface area is 143 Å². The molecule has 0 aliphatic heterocycles. The minimum Gasteiger partial charge on any atom is -0.481 e. The number of hydrogen-bond donors (Lipinski definition) is 2. The van der Waals surface area contributed by atoms with E-state index in [1.54, 1.807) is 11.8 Å². The first-order valence-corrected chi connectivity index (χ1v) is 9.66. The number of hydrogen-bond acceptors (Lipinski definition) is 5. The van der Waals surface area contributed by atoms with E-state index in [0.29, 0.717) is 12.3 Å². The molecule has 2 N–H and O–H groups in total. The van der Waals surface area contributed by atoms with Gasteiger partial charge in [-0.3, -0.25) is 9.59 Å². The second-order valence-electron chi connectivity index (χ2n) is 4.83. The van der Waals surface area contributed by atoms with Crippen LogP contribution < -0.4 is 5.32 Å². The smallest absolute Gasteiger partial charge is 0.313 e. The molecule has 8 heteroatoms. The van der Waals surface area contributed by atoms with Crippen LogP contribution in [0, 0.1) is 0 Å². The topological polar surface area (TPSA) is 84.2 Å². The lowest BCUT2D eigenvalue weighted by atomic mass is 10.3. The molecule has 23 heavy (non-hydrogen) atoms. The summed E-state index contributed by atoms with van der Waals surface area (Å²) >= 11 is 2.95. The summed E-state index contributed by atoms with van der Waals surface area (Å²) in [5.74, 6) is 1.34. The molecule has 124 valence electrons. The highest BCUT2D eigenvalue weighted by molar-refractivity contribution is 7.99. The Hall–Kier alpha value is -1.67. The molecule has 0 saturated heterocycles. The summed E-state index contributed by atoms with van der Waals surface area (Å²) in [4.78, 5) is 27.1. The number of imidazole rings is 1. The van der Waals surface area contributed by atoms with Gasteiger partial charge in [0.2, 0.25) is 5.91 Å². The van der Waals surface area contributed by atoms with E-state index in [-0.39, 0.29) is 18.2 Å². The fourth-order valence-corrected chi connectivity index (χ4v) is 3.21. The zero-order valence-corrected chi connectivity index (χ0v) is 14.5. The number of benzene rings is 1. The van der Waals surface area contributed by atoms with Crippen LogP contribution in [0.4, 0.5) is 0 Å². The number of rotatable bonds is 9. The Balaban J connectivity index is 1.96. The minimum absolute atomic E-state index is 0.0555. The molecule has 0 fully saturated rings. The summed E-state index contributed by atoms with van der Waals surface area (Å²) < 4.78 is 1.94. The Morgan fingerprint density at radius 2 is 2.13 bits per heavy atom. The van der Waals surface area contributed by atoms with Crippen molar-refractivity contribution in [1.29, 1.82) is 0 Å².